The van der Waals surface area contributed by atoms with Gasteiger partial charge in [-0.15, -0.1) is 0 Å². The Bertz CT molecular complexity index is 769. The van der Waals surface area contributed by atoms with Crippen LogP contribution in [0.5, 0.6) is 0 Å². The van der Waals surface area contributed by atoms with Gasteiger partial charge in [0.05, 0.1) is 18.4 Å². The summed E-state index contributed by atoms with van der Waals surface area (Å²) in [6.07, 6.45) is 7.70. The molecule has 1 aromatic heterocycles. The lowest BCUT2D eigenvalue weighted by Gasteiger charge is -2.22. The highest BCUT2D eigenvalue weighted by atomic mass is 19.1. The predicted molar refractivity (Wildman–Crippen MR) is 94.7 cm³/mol. The highest BCUT2D eigenvalue weighted by Crippen LogP contribution is 2.33. The lowest BCUT2D eigenvalue weighted by molar-refractivity contribution is 0.212. The van der Waals surface area contributed by atoms with Gasteiger partial charge in [-0.3, -0.25) is 4.98 Å². The molecule has 130 valence electrons. The lowest BCUT2D eigenvalue weighted by Crippen LogP contribution is -2.30. The van der Waals surface area contributed by atoms with Crippen molar-refractivity contribution in [2.45, 2.75) is 51.1 Å². The molecule has 0 spiro atoms. The maximum atomic E-state index is 13.2. The number of benzene rings is 1. The summed E-state index contributed by atoms with van der Waals surface area (Å²) in [4.78, 5) is 18.2. The van der Waals surface area contributed by atoms with Crippen LogP contribution in [0.15, 0.2) is 36.5 Å². The van der Waals surface area contributed by atoms with Crippen LogP contribution in [-0.2, 0) is 13.1 Å². The van der Waals surface area contributed by atoms with Gasteiger partial charge >= 0.3 is 6.03 Å². The first-order chi connectivity index (χ1) is 12.2. The van der Waals surface area contributed by atoms with Crippen LogP contribution in [0.25, 0.3) is 0 Å². The van der Waals surface area contributed by atoms with Crippen LogP contribution in [0.2, 0.25) is 0 Å². The smallest absolute Gasteiger partial charge is 0.314 e. The van der Waals surface area contributed by atoms with E-state index in [1.807, 2.05) is 12.1 Å². The van der Waals surface area contributed by atoms with Crippen molar-refractivity contribution < 1.29 is 9.18 Å². The maximum Gasteiger partial charge on any atom is 0.322 e. The van der Waals surface area contributed by atoms with E-state index in [2.05, 4.69) is 22.4 Å². The van der Waals surface area contributed by atoms with Gasteiger partial charge in [0, 0.05) is 12.2 Å². The van der Waals surface area contributed by atoms with Crippen molar-refractivity contribution in [1.82, 2.24) is 9.88 Å². The molecule has 5 heteroatoms. The molecule has 2 aliphatic rings. The number of nitrogens with zero attached hydrogens (tertiary/aromatic N) is 2. The third kappa shape index (κ3) is 3.50. The van der Waals surface area contributed by atoms with Gasteiger partial charge in [0.1, 0.15) is 5.82 Å². The van der Waals surface area contributed by atoms with E-state index in [9.17, 15) is 9.18 Å². The number of carbonyl (C=O) groups excluding carboxylic acids is 1. The quantitative estimate of drug-likeness (QED) is 0.853. The zero-order valence-corrected chi connectivity index (χ0v) is 14.2. The first-order valence-corrected chi connectivity index (χ1v) is 8.98. The molecule has 1 saturated carbocycles. The molecule has 1 N–H and O–H groups in total. The summed E-state index contributed by atoms with van der Waals surface area (Å²) in [7, 11) is 0. The van der Waals surface area contributed by atoms with Gasteiger partial charge in [-0.05, 0) is 48.1 Å². The predicted octanol–water partition coefficient (Wildman–Crippen LogP) is 4.82. The van der Waals surface area contributed by atoms with Crippen molar-refractivity contribution in [3.8, 4) is 0 Å². The second kappa shape index (κ2) is 6.82. The van der Waals surface area contributed by atoms with E-state index < -0.39 is 0 Å². The van der Waals surface area contributed by atoms with Crippen LogP contribution in [0.1, 0.15) is 54.8 Å². The highest BCUT2D eigenvalue weighted by molar-refractivity contribution is 5.89. The summed E-state index contributed by atoms with van der Waals surface area (Å²) < 4.78 is 13.2. The molecule has 0 unspecified atom stereocenters. The Hall–Kier alpha value is -2.43. The molecule has 2 amide bonds. The fourth-order valence-electron chi connectivity index (χ4n) is 3.85. The number of rotatable bonds is 2. The average Bonchev–Trinajstić information content (AvgIpc) is 3.06. The second-order valence-corrected chi connectivity index (χ2v) is 7.00. The number of nitrogens with one attached hydrogen (secondary N) is 1. The second-order valence-electron chi connectivity index (χ2n) is 7.00. The zero-order chi connectivity index (χ0) is 17.2. The molecule has 2 aromatic rings. The Kier molecular flexibility index (Phi) is 4.38. The minimum atomic E-state index is -0.362. The van der Waals surface area contributed by atoms with Crippen molar-refractivity contribution in [1.29, 1.82) is 0 Å². The highest BCUT2D eigenvalue weighted by Gasteiger charge is 2.25. The van der Waals surface area contributed by atoms with E-state index in [0.717, 1.165) is 16.9 Å². The molecule has 0 saturated heterocycles. The number of amides is 2. The standard InChI is InChI=1S/C20H22FN3O/c21-17-10-16-12-24(13-19(16)22-11-17)20(25)23-18-8-6-15(7-9-18)14-4-2-1-3-5-14/h6-11,14H,1-5,12-13H2,(H,23,25). The summed E-state index contributed by atoms with van der Waals surface area (Å²) in [5.74, 6) is 0.298. The van der Waals surface area contributed by atoms with Gasteiger partial charge in [0.2, 0.25) is 0 Å². The molecule has 1 aromatic carbocycles. The summed E-state index contributed by atoms with van der Waals surface area (Å²) >= 11 is 0. The molecule has 0 atom stereocenters. The van der Waals surface area contributed by atoms with Crippen molar-refractivity contribution >= 4 is 11.7 Å². The summed E-state index contributed by atoms with van der Waals surface area (Å²) in [5.41, 5.74) is 3.71. The Balaban J connectivity index is 1.38. The molecule has 1 fully saturated rings. The molecule has 0 radical (unpaired) electrons. The maximum absolute atomic E-state index is 13.2. The Morgan fingerprint density at radius 3 is 2.64 bits per heavy atom. The Labute approximate surface area is 147 Å². The molecule has 25 heavy (non-hydrogen) atoms. The first-order valence-electron chi connectivity index (χ1n) is 8.98. The lowest BCUT2D eigenvalue weighted by atomic mass is 9.84. The van der Waals surface area contributed by atoms with E-state index in [-0.39, 0.29) is 11.8 Å². The van der Waals surface area contributed by atoms with Crippen molar-refractivity contribution in [3.63, 3.8) is 0 Å². The first kappa shape index (κ1) is 16.1. The van der Waals surface area contributed by atoms with E-state index in [1.165, 1.54) is 49.9 Å². The minimum absolute atomic E-state index is 0.177. The van der Waals surface area contributed by atoms with E-state index in [0.29, 0.717) is 19.0 Å². The Morgan fingerprint density at radius 2 is 1.88 bits per heavy atom. The summed E-state index contributed by atoms with van der Waals surface area (Å²) in [5, 5.41) is 2.93. The molecule has 1 aliphatic carbocycles. The van der Waals surface area contributed by atoms with E-state index in [1.54, 1.807) is 4.90 Å². The third-order valence-corrected chi connectivity index (χ3v) is 5.25. The normalized spacial score (nSPS) is 17.4. The zero-order valence-electron chi connectivity index (χ0n) is 14.2. The van der Waals surface area contributed by atoms with Crippen LogP contribution in [-0.4, -0.2) is 15.9 Å². The number of aromatic nitrogens is 1. The number of hydrogen-bond acceptors (Lipinski definition) is 2. The van der Waals surface area contributed by atoms with Gasteiger partial charge in [0.25, 0.3) is 0 Å². The minimum Gasteiger partial charge on any atom is -0.314 e. The van der Waals surface area contributed by atoms with Gasteiger partial charge in [-0.1, -0.05) is 31.4 Å². The van der Waals surface area contributed by atoms with Crippen LogP contribution >= 0.6 is 0 Å². The average molecular weight is 339 g/mol. The topological polar surface area (TPSA) is 45.2 Å². The summed E-state index contributed by atoms with van der Waals surface area (Å²) in [6, 6.07) is 9.48. The third-order valence-electron chi connectivity index (χ3n) is 5.25. The number of pyridine rings is 1. The van der Waals surface area contributed by atoms with Gasteiger partial charge in [-0.25, -0.2) is 9.18 Å². The Morgan fingerprint density at radius 1 is 1.12 bits per heavy atom. The summed E-state index contributed by atoms with van der Waals surface area (Å²) in [6.45, 7) is 0.813. The molecule has 4 nitrogen and oxygen atoms in total. The van der Waals surface area contributed by atoms with Gasteiger partial charge in [0.15, 0.2) is 0 Å². The largest absolute Gasteiger partial charge is 0.322 e. The van der Waals surface area contributed by atoms with Crippen LogP contribution in [0, 0.1) is 5.82 Å². The molecule has 4 rings (SSSR count). The van der Waals surface area contributed by atoms with Crippen molar-refractivity contribution in [2.75, 3.05) is 5.32 Å². The molecule has 0 bridgehead atoms. The van der Waals surface area contributed by atoms with Crippen LogP contribution in [0.4, 0.5) is 14.9 Å². The molecular weight excluding hydrogens is 317 g/mol. The number of fused-ring (bicyclic) bond motifs is 1. The van der Waals surface area contributed by atoms with Crippen molar-refractivity contribution in [3.05, 3.63) is 59.2 Å². The van der Waals surface area contributed by atoms with Crippen LogP contribution < -0.4 is 5.32 Å². The SMILES string of the molecule is O=C(Nc1ccc(C2CCCCC2)cc1)N1Cc2cc(F)cnc2C1. The molecular formula is C20H22FN3O. The monoisotopic (exact) mass is 339 g/mol. The molecule has 2 heterocycles. The fraction of sp³-hybridized carbons (Fsp3) is 0.400. The number of urea groups is 1. The van der Waals surface area contributed by atoms with Crippen LogP contribution in [0.3, 0.4) is 0 Å². The molecule has 1 aliphatic heterocycles. The van der Waals surface area contributed by atoms with E-state index in [4.69, 9.17) is 0 Å². The number of hydrogen-bond donors (Lipinski definition) is 1. The van der Waals surface area contributed by atoms with Gasteiger partial charge < -0.3 is 10.2 Å². The van der Waals surface area contributed by atoms with E-state index >= 15 is 0 Å². The fourth-order valence-corrected chi connectivity index (χ4v) is 3.85. The van der Waals surface area contributed by atoms with Crippen molar-refractivity contribution in [2.24, 2.45) is 0 Å². The number of anilines is 1. The number of halogens is 1. The number of carbonyl (C=O) groups is 1. The van der Waals surface area contributed by atoms with Gasteiger partial charge in [-0.2, -0.15) is 0 Å².